The van der Waals surface area contributed by atoms with Gasteiger partial charge in [0.1, 0.15) is 11.6 Å². The van der Waals surface area contributed by atoms with Crippen molar-refractivity contribution in [2.75, 3.05) is 6.61 Å². The molecular weight excluding hydrogens is 190 g/mol. The van der Waals surface area contributed by atoms with Crippen LogP contribution in [0.25, 0.3) is 0 Å². The van der Waals surface area contributed by atoms with Gasteiger partial charge in [-0.2, -0.15) is 5.10 Å². The van der Waals surface area contributed by atoms with Crippen LogP contribution in [0.4, 0.5) is 0 Å². The lowest BCUT2D eigenvalue weighted by molar-refractivity contribution is 0.340. The molecule has 0 aliphatic carbocycles. The summed E-state index contributed by atoms with van der Waals surface area (Å²) in [7, 11) is 0. The summed E-state index contributed by atoms with van der Waals surface area (Å²) in [6.45, 7) is 2.64. The van der Waals surface area contributed by atoms with Crippen molar-refractivity contribution < 1.29 is 4.74 Å². The summed E-state index contributed by atoms with van der Waals surface area (Å²) in [5.41, 5.74) is 7.51. The summed E-state index contributed by atoms with van der Waals surface area (Å²) in [5, 5.41) is 7.81. The Morgan fingerprint density at radius 1 is 1.27 bits per heavy atom. The summed E-state index contributed by atoms with van der Waals surface area (Å²) in [4.78, 5) is 0. The standard InChI is InChI=1S/C11H13N3O/c1-2-15-9-5-3-8(4-6-9)10-7-11(12)14-13-10/h3-6H,2,7H2,1H3,(H2,12,14). The van der Waals surface area contributed by atoms with E-state index in [0.717, 1.165) is 17.0 Å². The van der Waals surface area contributed by atoms with E-state index >= 15 is 0 Å². The lowest BCUT2D eigenvalue weighted by Crippen LogP contribution is -2.12. The van der Waals surface area contributed by atoms with Gasteiger partial charge in [-0.15, -0.1) is 5.10 Å². The molecule has 0 unspecified atom stereocenters. The number of benzene rings is 1. The zero-order chi connectivity index (χ0) is 10.7. The van der Waals surface area contributed by atoms with Crippen LogP contribution in [-0.4, -0.2) is 18.2 Å². The number of hydrogen-bond acceptors (Lipinski definition) is 4. The highest BCUT2D eigenvalue weighted by atomic mass is 16.5. The summed E-state index contributed by atoms with van der Waals surface area (Å²) in [5.74, 6) is 1.44. The second kappa shape index (κ2) is 4.13. The molecular formula is C11H13N3O. The van der Waals surface area contributed by atoms with E-state index in [1.54, 1.807) is 0 Å². The van der Waals surface area contributed by atoms with E-state index in [9.17, 15) is 0 Å². The maximum Gasteiger partial charge on any atom is 0.128 e. The molecule has 1 aromatic rings. The Hall–Kier alpha value is -1.84. The molecule has 15 heavy (non-hydrogen) atoms. The number of nitrogens with zero attached hydrogens (tertiary/aromatic N) is 2. The monoisotopic (exact) mass is 203 g/mol. The molecule has 4 heteroatoms. The lowest BCUT2D eigenvalue weighted by Gasteiger charge is -2.04. The van der Waals surface area contributed by atoms with Crippen LogP contribution in [0.2, 0.25) is 0 Å². The van der Waals surface area contributed by atoms with Gasteiger partial charge in [-0.25, -0.2) is 0 Å². The van der Waals surface area contributed by atoms with Gasteiger partial charge in [0.2, 0.25) is 0 Å². The number of nitrogens with two attached hydrogens (primary N) is 1. The number of hydrogen-bond donors (Lipinski definition) is 1. The Morgan fingerprint density at radius 2 is 2.00 bits per heavy atom. The first-order valence-corrected chi connectivity index (χ1v) is 4.91. The van der Waals surface area contributed by atoms with Crippen LogP contribution in [0.15, 0.2) is 34.5 Å². The third kappa shape index (κ3) is 2.15. The summed E-state index contributed by atoms with van der Waals surface area (Å²) >= 11 is 0. The molecule has 0 fully saturated rings. The third-order valence-corrected chi connectivity index (χ3v) is 2.15. The molecule has 4 nitrogen and oxygen atoms in total. The highest BCUT2D eigenvalue weighted by molar-refractivity contribution is 6.14. The first-order chi connectivity index (χ1) is 7.29. The van der Waals surface area contributed by atoms with Crippen molar-refractivity contribution in [1.29, 1.82) is 0 Å². The van der Waals surface area contributed by atoms with Gasteiger partial charge in [-0.05, 0) is 36.8 Å². The van der Waals surface area contributed by atoms with Crippen molar-refractivity contribution >= 4 is 11.5 Å². The van der Waals surface area contributed by atoms with Crippen LogP contribution in [0.1, 0.15) is 18.9 Å². The normalized spacial score (nSPS) is 14.7. The van der Waals surface area contributed by atoms with Crippen molar-refractivity contribution in [2.45, 2.75) is 13.3 Å². The first kappa shape index (κ1) is 9.71. The molecule has 0 saturated heterocycles. The van der Waals surface area contributed by atoms with E-state index < -0.39 is 0 Å². The molecule has 2 rings (SSSR count). The zero-order valence-electron chi connectivity index (χ0n) is 8.60. The summed E-state index contributed by atoms with van der Waals surface area (Å²) < 4.78 is 5.35. The van der Waals surface area contributed by atoms with E-state index in [0.29, 0.717) is 18.9 Å². The van der Waals surface area contributed by atoms with Gasteiger partial charge in [0, 0.05) is 0 Å². The van der Waals surface area contributed by atoms with Crippen LogP contribution in [0.3, 0.4) is 0 Å². The Labute approximate surface area is 88.5 Å². The minimum Gasteiger partial charge on any atom is -0.494 e. The Kier molecular flexibility index (Phi) is 2.67. The summed E-state index contributed by atoms with van der Waals surface area (Å²) in [6, 6.07) is 7.79. The van der Waals surface area contributed by atoms with Gasteiger partial charge >= 0.3 is 0 Å². The van der Waals surface area contributed by atoms with Gasteiger partial charge in [0.25, 0.3) is 0 Å². The van der Waals surface area contributed by atoms with Gasteiger partial charge in [-0.1, -0.05) is 0 Å². The first-order valence-electron chi connectivity index (χ1n) is 4.91. The van der Waals surface area contributed by atoms with Crippen LogP contribution in [0, 0.1) is 0 Å². The van der Waals surface area contributed by atoms with Crippen molar-refractivity contribution in [2.24, 2.45) is 15.9 Å². The predicted molar refractivity (Wildman–Crippen MR) is 60.4 cm³/mol. The number of ether oxygens (including phenoxy) is 1. The predicted octanol–water partition coefficient (Wildman–Crippen LogP) is 1.55. The van der Waals surface area contributed by atoms with E-state index in [-0.39, 0.29) is 0 Å². The number of amidine groups is 1. The molecule has 2 N–H and O–H groups in total. The second-order valence-electron chi connectivity index (χ2n) is 3.27. The fourth-order valence-corrected chi connectivity index (χ4v) is 1.44. The third-order valence-electron chi connectivity index (χ3n) is 2.15. The molecule has 1 heterocycles. The molecule has 0 bridgehead atoms. The second-order valence-corrected chi connectivity index (χ2v) is 3.27. The fraction of sp³-hybridized carbons (Fsp3) is 0.273. The smallest absolute Gasteiger partial charge is 0.128 e. The van der Waals surface area contributed by atoms with E-state index in [1.165, 1.54) is 0 Å². The van der Waals surface area contributed by atoms with Gasteiger partial charge in [0.15, 0.2) is 0 Å². The average molecular weight is 203 g/mol. The SMILES string of the molecule is CCOc1ccc(C2=NN=C(N)C2)cc1. The van der Waals surface area contributed by atoms with Gasteiger partial charge in [0.05, 0.1) is 18.7 Å². The highest BCUT2D eigenvalue weighted by Gasteiger charge is 2.11. The lowest BCUT2D eigenvalue weighted by atomic mass is 10.1. The number of rotatable bonds is 3. The topological polar surface area (TPSA) is 60.0 Å². The zero-order valence-corrected chi connectivity index (χ0v) is 8.60. The Morgan fingerprint density at radius 3 is 2.53 bits per heavy atom. The Bertz CT molecular complexity index is 406. The molecule has 0 spiro atoms. The van der Waals surface area contributed by atoms with E-state index in [4.69, 9.17) is 10.5 Å². The molecule has 0 radical (unpaired) electrons. The molecule has 0 saturated carbocycles. The molecule has 78 valence electrons. The quantitative estimate of drug-likeness (QED) is 0.810. The van der Waals surface area contributed by atoms with Crippen molar-refractivity contribution in [3.63, 3.8) is 0 Å². The van der Waals surface area contributed by atoms with Gasteiger partial charge in [-0.3, -0.25) is 0 Å². The molecule has 0 amide bonds. The van der Waals surface area contributed by atoms with E-state index in [2.05, 4.69) is 10.2 Å². The van der Waals surface area contributed by atoms with Crippen LogP contribution < -0.4 is 10.5 Å². The largest absolute Gasteiger partial charge is 0.494 e. The molecule has 1 aliphatic rings. The van der Waals surface area contributed by atoms with Crippen molar-refractivity contribution in [1.82, 2.24) is 0 Å². The fourth-order valence-electron chi connectivity index (χ4n) is 1.44. The molecule has 1 aliphatic heterocycles. The van der Waals surface area contributed by atoms with Crippen LogP contribution >= 0.6 is 0 Å². The Balaban J connectivity index is 2.11. The van der Waals surface area contributed by atoms with E-state index in [1.807, 2.05) is 31.2 Å². The maximum atomic E-state index is 5.55. The maximum absolute atomic E-state index is 5.55. The molecule has 1 aromatic carbocycles. The highest BCUT2D eigenvalue weighted by Crippen LogP contribution is 2.15. The molecule has 0 aromatic heterocycles. The van der Waals surface area contributed by atoms with Crippen LogP contribution in [0.5, 0.6) is 5.75 Å². The van der Waals surface area contributed by atoms with Crippen molar-refractivity contribution in [3.8, 4) is 5.75 Å². The van der Waals surface area contributed by atoms with Gasteiger partial charge < -0.3 is 10.5 Å². The minimum absolute atomic E-state index is 0.568. The van der Waals surface area contributed by atoms with Crippen molar-refractivity contribution in [3.05, 3.63) is 29.8 Å². The van der Waals surface area contributed by atoms with Crippen LogP contribution in [-0.2, 0) is 0 Å². The average Bonchev–Trinajstić information content (AvgIpc) is 2.67. The molecule has 0 atom stereocenters. The minimum atomic E-state index is 0.568. The summed E-state index contributed by atoms with van der Waals surface area (Å²) in [6.07, 6.45) is 0.633.